The summed E-state index contributed by atoms with van der Waals surface area (Å²) in [6, 6.07) is 1.65. The summed E-state index contributed by atoms with van der Waals surface area (Å²) in [5, 5.41) is 0. The van der Waals surface area contributed by atoms with Gasteiger partial charge in [-0.15, -0.1) is 0 Å². The van der Waals surface area contributed by atoms with Crippen molar-refractivity contribution in [2.75, 3.05) is 26.2 Å². The van der Waals surface area contributed by atoms with Gasteiger partial charge in [-0.3, -0.25) is 4.90 Å². The molecule has 3 atom stereocenters. The zero-order valence-electron chi connectivity index (χ0n) is 8.29. The zero-order chi connectivity index (χ0) is 8.55. The molecule has 2 heteroatoms. The van der Waals surface area contributed by atoms with E-state index in [1.807, 2.05) is 0 Å². The first-order valence-electron chi connectivity index (χ1n) is 5.29. The maximum atomic E-state index is 2.68. The lowest BCUT2D eigenvalue weighted by molar-refractivity contribution is 0.00527. The monoisotopic (exact) mass is 168 g/mol. The van der Waals surface area contributed by atoms with Gasteiger partial charge in [0, 0.05) is 25.2 Å². The molecule has 2 nitrogen and oxygen atoms in total. The van der Waals surface area contributed by atoms with Crippen LogP contribution >= 0.6 is 0 Å². The number of likely N-dealkylation sites (N-methyl/N-ethyl adjacent to an activating group) is 1. The van der Waals surface area contributed by atoms with Crippen molar-refractivity contribution < 1.29 is 0 Å². The van der Waals surface area contributed by atoms with Crippen molar-refractivity contribution in [3.8, 4) is 0 Å². The normalized spacial score (nSPS) is 43.0. The topological polar surface area (TPSA) is 6.48 Å². The van der Waals surface area contributed by atoms with Crippen LogP contribution in [-0.2, 0) is 0 Å². The van der Waals surface area contributed by atoms with Crippen LogP contribution in [0, 0.1) is 0 Å². The third-order valence-electron chi connectivity index (χ3n) is 3.40. The Balaban J connectivity index is 2.05. The van der Waals surface area contributed by atoms with Crippen LogP contribution in [0.25, 0.3) is 0 Å². The first-order valence-corrected chi connectivity index (χ1v) is 5.29. The molecule has 0 saturated carbocycles. The molecule has 0 amide bonds. The van der Waals surface area contributed by atoms with Crippen LogP contribution in [0.5, 0.6) is 0 Å². The smallest absolute Gasteiger partial charge is 0.0226 e. The van der Waals surface area contributed by atoms with Crippen molar-refractivity contribution in [2.24, 2.45) is 0 Å². The Bertz CT molecular complexity index is 156. The molecule has 2 aliphatic rings. The van der Waals surface area contributed by atoms with Crippen molar-refractivity contribution >= 4 is 0 Å². The number of hydrogen-bond donors (Lipinski definition) is 0. The minimum Gasteiger partial charge on any atom is -0.300 e. The van der Waals surface area contributed by atoms with Crippen LogP contribution in [0.3, 0.4) is 0 Å². The molecule has 0 radical (unpaired) electrons. The molecule has 12 heavy (non-hydrogen) atoms. The predicted octanol–water partition coefficient (Wildman–Crippen LogP) is 1.17. The van der Waals surface area contributed by atoms with Gasteiger partial charge in [0.05, 0.1) is 0 Å². The van der Waals surface area contributed by atoms with Gasteiger partial charge in [-0.05, 0) is 32.9 Å². The van der Waals surface area contributed by atoms with Gasteiger partial charge in [-0.2, -0.15) is 0 Å². The summed E-state index contributed by atoms with van der Waals surface area (Å²) in [7, 11) is 0. The van der Waals surface area contributed by atoms with Crippen LogP contribution in [0.4, 0.5) is 0 Å². The van der Waals surface area contributed by atoms with E-state index in [0.717, 1.165) is 12.1 Å². The summed E-state index contributed by atoms with van der Waals surface area (Å²) < 4.78 is 0. The largest absolute Gasteiger partial charge is 0.300 e. The van der Waals surface area contributed by atoms with Crippen LogP contribution in [0.15, 0.2) is 0 Å². The molecule has 2 heterocycles. The van der Waals surface area contributed by atoms with E-state index in [0.29, 0.717) is 0 Å². The Hall–Kier alpha value is -0.0800. The summed E-state index contributed by atoms with van der Waals surface area (Å²) in [4.78, 5) is 5.31. The molecular weight excluding hydrogens is 148 g/mol. The molecule has 70 valence electrons. The van der Waals surface area contributed by atoms with Crippen molar-refractivity contribution in [3.63, 3.8) is 0 Å². The van der Waals surface area contributed by atoms with Crippen LogP contribution in [0.2, 0.25) is 0 Å². The summed E-state index contributed by atoms with van der Waals surface area (Å²) in [6.45, 7) is 9.87. The van der Waals surface area contributed by atoms with Gasteiger partial charge >= 0.3 is 0 Å². The van der Waals surface area contributed by atoms with Gasteiger partial charge in [0.1, 0.15) is 0 Å². The van der Waals surface area contributed by atoms with E-state index in [1.54, 1.807) is 0 Å². The summed E-state index contributed by atoms with van der Waals surface area (Å²) in [5.74, 6) is 0. The molecule has 2 saturated heterocycles. The molecule has 0 aromatic carbocycles. The van der Waals surface area contributed by atoms with E-state index in [2.05, 4.69) is 23.6 Å². The fraction of sp³-hybridized carbons (Fsp3) is 1.00. The Labute approximate surface area is 75.5 Å². The van der Waals surface area contributed by atoms with Gasteiger partial charge in [-0.25, -0.2) is 0 Å². The highest BCUT2D eigenvalue weighted by atomic mass is 15.3. The van der Waals surface area contributed by atoms with E-state index < -0.39 is 0 Å². The highest BCUT2D eigenvalue weighted by molar-refractivity contribution is 4.89. The van der Waals surface area contributed by atoms with E-state index in [9.17, 15) is 0 Å². The Kier molecular flexibility index (Phi) is 2.37. The number of nitrogens with zero attached hydrogens (tertiary/aromatic N) is 2. The van der Waals surface area contributed by atoms with E-state index in [1.165, 1.54) is 39.0 Å². The summed E-state index contributed by atoms with van der Waals surface area (Å²) in [5.41, 5.74) is 0. The molecule has 2 rings (SSSR count). The van der Waals surface area contributed by atoms with Crippen molar-refractivity contribution in [1.29, 1.82) is 0 Å². The van der Waals surface area contributed by atoms with Crippen molar-refractivity contribution in [1.82, 2.24) is 9.80 Å². The van der Waals surface area contributed by atoms with E-state index >= 15 is 0 Å². The lowest BCUT2D eigenvalue weighted by atomic mass is 9.98. The average molecular weight is 168 g/mol. The number of fused-ring (bicyclic) bond motifs is 2. The quantitative estimate of drug-likeness (QED) is 0.580. The fourth-order valence-electron chi connectivity index (χ4n) is 2.88. The van der Waals surface area contributed by atoms with Gasteiger partial charge in [-0.1, -0.05) is 6.92 Å². The molecule has 0 N–H and O–H groups in total. The fourth-order valence-corrected chi connectivity index (χ4v) is 2.88. The first kappa shape index (κ1) is 8.52. The van der Waals surface area contributed by atoms with Gasteiger partial charge < -0.3 is 4.90 Å². The maximum absolute atomic E-state index is 2.68. The molecular formula is C10H20N2. The predicted molar refractivity (Wildman–Crippen MR) is 51.3 cm³/mol. The van der Waals surface area contributed by atoms with Crippen LogP contribution in [0.1, 0.15) is 26.7 Å². The summed E-state index contributed by atoms with van der Waals surface area (Å²) in [6.07, 6.45) is 2.84. The van der Waals surface area contributed by atoms with Crippen molar-refractivity contribution in [2.45, 2.75) is 38.8 Å². The molecule has 2 fully saturated rings. The molecule has 2 bridgehead atoms. The Morgan fingerprint density at radius 3 is 2.92 bits per heavy atom. The number of piperidine rings is 1. The van der Waals surface area contributed by atoms with Crippen LogP contribution in [-0.4, -0.2) is 48.1 Å². The van der Waals surface area contributed by atoms with E-state index in [-0.39, 0.29) is 0 Å². The second-order valence-corrected chi connectivity index (χ2v) is 4.24. The van der Waals surface area contributed by atoms with Crippen molar-refractivity contribution in [3.05, 3.63) is 0 Å². The molecule has 0 aliphatic carbocycles. The number of rotatable bonds is 1. The third-order valence-corrected chi connectivity index (χ3v) is 3.40. The van der Waals surface area contributed by atoms with E-state index in [4.69, 9.17) is 0 Å². The average Bonchev–Trinajstić information content (AvgIpc) is 2.04. The Morgan fingerprint density at radius 2 is 2.17 bits per heavy atom. The van der Waals surface area contributed by atoms with Gasteiger partial charge in [0.15, 0.2) is 0 Å². The highest BCUT2D eigenvalue weighted by Crippen LogP contribution is 2.23. The maximum Gasteiger partial charge on any atom is 0.0226 e. The SMILES string of the molecule is CCN1C(C)CN2CCCC1C2. The number of hydrogen-bond acceptors (Lipinski definition) is 2. The number of piperazine rings is 1. The van der Waals surface area contributed by atoms with Gasteiger partial charge in [0.25, 0.3) is 0 Å². The summed E-state index contributed by atoms with van der Waals surface area (Å²) >= 11 is 0. The lowest BCUT2D eigenvalue weighted by Crippen LogP contribution is -2.59. The van der Waals surface area contributed by atoms with Gasteiger partial charge in [0.2, 0.25) is 0 Å². The molecule has 3 unspecified atom stereocenters. The minimum absolute atomic E-state index is 0.786. The lowest BCUT2D eigenvalue weighted by Gasteiger charge is -2.48. The minimum atomic E-state index is 0.786. The molecule has 0 aromatic rings. The second kappa shape index (κ2) is 3.35. The zero-order valence-corrected chi connectivity index (χ0v) is 8.29. The van der Waals surface area contributed by atoms with Crippen LogP contribution < -0.4 is 0 Å². The first-order chi connectivity index (χ1) is 5.81. The molecule has 0 spiro atoms. The second-order valence-electron chi connectivity index (χ2n) is 4.24. The Morgan fingerprint density at radius 1 is 1.33 bits per heavy atom. The molecule has 0 aromatic heterocycles. The standard InChI is InChI=1S/C10H20N2/c1-3-12-9(2)7-11-6-4-5-10(12)8-11/h9-10H,3-8H2,1-2H3. The highest BCUT2D eigenvalue weighted by Gasteiger charge is 2.32. The third kappa shape index (κ3) is 1.38. The molecule has 2 aliphatic heterocycles.